The van der Waals surface area contributed by atoms with Crippen LogP contribution in [0.4, 0.5) is 0 Å². The van der Waals surface area contributed by atoms with E-state index in [-0.39, 0.29) is 5.91 Å². The zero-order chi connectivity index (χ0) is 9.97. The summed E-state index contributed by atoms with van der Waals surface area (Å²) < 4.78 is 8.93. The number of morpholine rings is 1. The van der Waals surface area contributed by atoms with Crippen LogP contribution in [0.3, 0.4) is 0 Å². The zero-order valence-corrected chi connectivity index (χ0v) is 8.71. The van der Waals surface area contributed by atoms with Crippen molar-refractivity contribution in [3.63, 3.8) is 0 Å². The second-order valence-corrected chi connectivity index (χ2v) is 3.85. The fraction of sp³-hybridized carbons (Fsp3) is 0.625. The minimum absolute atomic E-state index is 0.0285. The van der Waals surface area contributed by atoms with Crippen molar-refractivity contribution in [2.45, 2.75) is 6.92 Å². The third-order valence-electron chi connectivity index (χ3n) is 2.14. The largest absolute Gasteiger partial charge is 0.378 e. The molecule has 0 atom stereocenters. The second kappa shape index (κ2) is 4.02. The third-order valence-corrected chi connectivity index (χ3v) is 2.96. The molecule has 0 unspecified atom stereocenters. The number of ether oxygens (including phenoxy) is 1. The summed E-state index contributed by atoms with van der Waals surface area (Å²) in [4.78, 5) is 14.3. The Kier molecular flexibility index (Phi) is 2.74. The predicted molar refractivity (Wildman–Crippen MR) is 51.4 cm³/mol. The predicted octanol–water partition coefficient (Wildman–Crippen LogP) is 0.319. The van der Waals surface area contributed by atoms with E-state index in [9.17, 15) is 4.79 Å². The first-order valence-electron chi connectivity index (χ1n) is 4.45. The molecular formula is C8H11N3O2S. The molecule has 0 N–H and O–H groups in total. The highest BCUT2D eigenvalue weighted by Crippen LogP contribution is 2.13. The van der Waals surface area contributed by atoms with Crippen LogP contribution in [0, 0.1) is 6.92 Å². The number of aryl methyl sites for hydroxylation is 1. The number of hydrogen-bond donors (Lipinski definition) is 0. The lowest BCUT2D eigenvalue weighted by Crippen LogP contribution is -2.40. The summed E-state index contributed by atoms with van der Waals surface area (Å²) in [5, 5.41) is 3.82. The molecule has 76 valence electrons. The van der Waals surface area contributed by atoms with Crippen molar-refractivity contribution in [2.75, 3.05) is 26.3 Å². The van der Waals surface area contributed by atoms with Crippen molar-refractivity contribution in [1.29, 1.82) is 0 Å². The maximum Gasteiger partial charge on any atom is 0.267 e. The van der Waals surface area contributed by atoms with Gasteiger partial charge in [0.1, 0.15) is 4.88 Å². The topological polar surface area (TPSA) is 55.3 Å². The van der Waals surface area contributed by atoms with Gasteiger partial charge in [-0.25, -0.2) is 0 Å². The molecular weight excluding hydrogens is 202 g/mol. The first-order valence-corrected chi connectivity index (χ1v) is 5.22. The van der Waals surface area contributed by atoms with E-state index >= 15 is 0 Å². The first-order chi connectivity index (χ1) is 6.79. The molecule has 2 heterocycles. The first kappa shape index (κ1) is 9.54. The minimum atomic E-state index is 0.0285. The summed E-state index contributed by atoms with van der Waals surface area (Å²) in [5.41, 5.74) is 0.714. The highest BCUT2D eigenvalue weighted by Gasteiger charge is 2.22. The van der Waals surface area contributed by atoms with Gasteiger partial charge in [-0.3, -0.25) is 4.79 Å². The Hall–Kier alpha value is -1.01. The van der Waals surface area contributed by atoms with Crippen molar-refractivity contribution >= 4 is 17.4 Å². The van der Waals surface area contributed by atoms with Crippen molar-refractivity contribution in [1.82, 2.24) is 14.5 Å². The Bertz CT molecular complexity index is 333. The van der Waals surface area contributed by atoms with Gasteiger partial charge in [-0.05, 0) is 18.5 Å². The number of rotatable bonds is 1. The van der Waals surface area contributed by atoms with E-state index in [4.69, 9.17) is 4.74 Å². The SMILES string of the molecule is Cc1nnsc1C(=O)N1CCOCC1. The molecule has 1 aromatic heterocycles. The Morgan fingerprint density at radius 3 is 2.79 bits per heavy atom. The Morgan fingerprint density at radius 2 is 2.21 bits per heavy atom. The number of nitrogens with zero attached hydrogens (tertiary/aromatic N) is 3. The number of carbonyl (C=O) groups excluding carboxylic acids is 1. The van der Waals surface area contributed by atoms with Crippen LogP contribution in [0.25, 0.3) is 0 Å². The highest BCUT2D eigenvalue weighted by molar-refractivity contribution is 7.07. The van der Waals surface area contributed by atoms with Crippen LogP contribution in [0.5, 0.6) is 0 Å². The van der Waals surface area contributed by atoms with Crippen molar-refractivity contribution in [3.05, 3.63) is 10.6 Å². The molecule has 14 heavy (non-hydrogen) atoms. The van der Waals surface area contributed by atoms with E-state index in [1.54, 1.807) is 11.8 Å². The number of carbonyl (C=O) groups is 1. The molecule has 2 rings (SSSR count). The zero-order valence-electron chi connectivity index (χ0n) is 7.89. The lowest BCUT2D eigenvalue weighted by atomic mass is 10.3. The molecule has 0 saturated carbocycles. The van der Waals surface area contributed by atoms with E-state index in [1.165, 1.54) is 0 Å². The summed E-state index contributed by atoms with van der Waals surface area (Å²) in [5.74, 6) is 0.0285. The Balaban J connectivity index is 2.11. The second-order valence-electron chi connectivity index (χ2n) is 3.09. The van der Waals surface area contributed by atoms with E-state index in [0.29, 0.717) is 36.9 Å². The molecule has 0 aliphatic carbocycles. The number of amides is 1. The quantitative estimate of drug-likeness (QED) is 0.674. The summed E-state index contributed by atoms with van der Waals surface area (Å²) in [6.07, 6.45) is 0. The van der Waals surface area contributed by atoms with Gasteiger partial charge in [-0.15, -0.1) is 5.10 Å². The van der Waals surface area contributed by atoms with Gasteiger partial charge in [0.15, 0.2) is 0 Å². The summed E-state index contributed by atoms with van der Waals surface area (Å²) >= 11 is 1.16. The van der Waals surface area contributed by atoms with Gasteiger partial charge < -0.3 is 9.64 Å². The summed E-state index contributed by atoms with van der Waals surface area (Å²) in [7, 11) is 0. The molecule has 0 spiro atoms. The number of hydrogen-bond acceptors (Lipinski definition) is 5. The normalized spacial score (nSPS) is 17.1. The van der Waals surface area contributed by atoms with Gasteiger partial charge in [0.05, 0.1) is 18.9 Å². The molecule has 1 aromatic rings. The van der Waals surface area contributed by atoms with Crippen LogP contribution >= 0.6 is 11.5 Å². The van der Waals surface area contributed by atoms with E-state index in [2.05, 4.69) is 9.59 Å². The minimum Gasteiger partial charge on any atom is -0.378 e. The van der Waals surface area contributed by atoms with Crippen LogP contribution in [-0.2, 0) is 4.74 Å². The van der Waals surface area contributed by atoms with Crippen LogP contribution in [0.15, 0.2) is 0 Å². The van der Waals surface area contributed by atoms with Gasteiger partial charge in [0.25, 0.3) is 5.91 Å². The average Bonchev–Trinajstić information content (AvgIpc) is 2.65. The smallest absolute Gasteiger partial charge is 0.267 e. The molecule has 0 aromatic carbocycles. The monoisotopic (exact) mass is 213 g/mol. The number of aromatic nitrogens is 2. The highest BCUT2D eigenvalue weighted by atomic mass is 32.1. The lowest BCUT2D eigenvalue weighted by Gasteiger charge is -2.26. The lowest BCUT2D eigenvalue weighted by molar-refractivity contribution is 0.0305. The summed E-state index contributed by atoms with van der Waals surface area (Å²) in [6, 6.07) is 0. The van der Waals surface area contributed by atoms with E-state index in [1.807, 2.05) is 0 Å². The Labute approximate surface area is 85.8 Å². The molecule has 1 saturated heterocycles. The molecule has 1 amide bonds. The fourth-order valence-electron chi connectivity index (χ4n) is 1.34. The maximum atomic E-state index is 11.9. The van der Waals surface area contributed by atoms with Crippen LogP contribution < -0.4 is 0 Å². The van der Waals surface area contributed by atoms with E-state index < -0.39 is 0 Å². The van der Waals surface area contributed by atoms with Gasteiger partial charge in [0, 0.05) is 13.1 Å². The van der Waals surface area contributed by atoms with Crippen LogP contribution in [-0.4, -0.2) is 46.7 Å². The van der Waals surface area contributed by atoms with E-state index in [0.717, 1.165) is 11.5 Å². The fourth-order valence-corrected chi connectivity index (χ4v) is 1.96. The van der Waals surface area contributed by atoms with Gasteiger partial charge in [-0.1, -0.05) is 4.49 Å². The van der Waals surface area contributed by atoms with Crippen molar-refractivity contribution in [3.8, 4) is 0 Å². The molecule has 6 heteroatoms. The van der Waals surface area contributed by atoms with Gasteiger partial charge >= 0.3 is 0 Å². The molecule has 0 bridgehead atoms. The average molecular weight is 213 g/mol. The molecule has 1 aliphatic rings. The van der Waals surface area contributed by atoms with Crippen molar-refractivity contribution < 1.29 is 9.53 Å². The van der Waals surface area contributed by atoms with Gasteiger partial charge in [0.2, 0.25) is 0 Å². The van der Waals surface area contributed by atoms with Crippen LogP contribution in [0.1, 0.15) is 15.4 Å². The molecule has 1 fully saturated rings. The molecule has 1 aliphatic heterocycles. The maximum absolute atomic E-state index is 11.9. The van der Waals surface area contributed by atoms with Crippen molar-refractivity contribution in [2.24, 2.45) is 0 Å². The molecule has 5 nitrogen and oxygen atoms in total. The third kappa shape index (κ3) is 1.76. The van der Waals surface area contributed by atoms with Crippen LogP contribution in [0.2, 0.25) is 0 Å². The molecule has 0 radical (unpaired) electrons. The summed E-state index contributed by atoms with van der Waals surface area (Å²) in [6.45, 7) is 4.37. The van der Waals surface area contributed by atoms with Gasteiger partial charge in [-0.2, -0.15) is 0 Å². The Morgan fingerprint density at radius 1 is 1.50 bits per heavy atom. The standard InChI is InChI=1S/C8H11N3O2S/c1-6-7(14-10-9-6)8(12)11-2-4-13-5-3-11/h2-5H2,1H3.